The zero-order valence-electron chi connectivity index (χ0n) is 14.0. The average molecular weight is 357 g/mol. The first-order chi connectivity index (χ1) is 11.9. The maximum absolute atomic E-state index is 11.6. The lowest BCUT2D eigenvalue weighted by Crippen LogP contribution is -2.10. The van der Waals surface area contributed by atoms with Gasteiger partial charge in [-0.15, -0.1) is 10.2 Å². The Kier molecular flexibility index (Phi) is 3.72. The molecule has 1 saturated carbocycles. The van der Waals surface area contributed by atoms with Crippen LogP contribution in [0.25, 0.3) is 5.65 Å². The van der Waals surface area contributed by atoms with Crippen LogP contribution in [0.5, 0.6) is 0 Å². The molecule has 1 aliphatic rings. The minimum Gasteiger partial charge on any atom is -0.375 e. The molecule has 1 fully saturated rings. The molecule has 1 aromatic carbocycles. The zero-order valence-corrected chi connectivity index (χ0v) is 14.9. The van der Waals surface area contributed by atoms with Gasteiger partial charge >= 0.3 is 0 Å². The monoisotopic (exact) mass is 357 g/mol. The number of anilines is 1. The van der Waals surface area contributed by atoms with Crippen molar-refractivity contribution in [3.05, 3.63) is 47.9 Å². The summed E-state index contributed by atoms with van der Waals surface area (Å²) in [6.07, 6.45) is 5.16. The Morgan fingerprint density at radius 2 is 1.96 bits per heavy atom. The second-order valence-electron chi connectivity index (χ2n) is 6.56. The number of rotatable bonds is 5. The molecule has 1 N–H and O–H groups in total. The average Bonchev–Trinajstić information content (AvgIpc) is 3.32. The van der Waals surface area contributed by atoms with E-state index in [1.54, 1.807) is 23.0 Å². The lowest BCUT2D eigenvalue weighted by molar-refractivity contribution is 0.602. The molecule has 0 amide bonds. The number of hydrogen-bond acceptors (Lipinski definition) is 6. The maximum Gasteiger partial charge on any atom is 0.200 e. The third-order valence-corrected chi connectivity index (χ3v) is 5.59. The molecule has 8 heteroatoms. The van der Waals surface area contributed by atoms with Gasteiger partial charge in [0.2, 0.25) is 5.65 Å². The first-order valence-corrected chi connectivity index (χ1v) is 10.1. The number of nitrogens with zero attached hydrogens (tertiary/aromatic N) is 4. The Bertz CT molecular complexity index is 1020. The van der Waals surface area contributed by atoms with Crippen molar-refractivity contribution in [2.45, 2.75) is 36.6 Å². The second-order valence-corrected chi connectivity index (χ2v) is 8.58. The van der Waals surface area contributed by atoms with Crippen LogP contribution in [0.15, 0.2) is 41.6 Å². The van der Waals surface area contributed by atoms with E-state index >= 15 is 0 Å². The van der Waals surface area contributed by atoms with Crippen LogP contribution in [0.4, 0.5) is 5.69 Å². The third-order valence-electron chi connectivity index (χ3n) is 4.46. The Hall–Kier alpha value is -2.48. The minimum atomic E-state index is -3.18. The molecule has 1 aliphatic carbocycles. The number of nitrogens with one attached hydrogen (secondary N) is 1. The van der Waals surface area contributed by atoms with Crippen LogP contribution in [0.2, 0.25) is 0 Å². The van der Waals surface area contributed by atoms with Crippen molar-refractivity contribution in [3.63, 3.8) is 0 Å². The van der Waals surface area contributed by atoms with Gasteiger partial charge in [0.05, 0.1) is 16.3 Å². The summed E-state index contributed by atoms with van der Waals surface area (Å²) in [5.74, 6) is 0.525. The van der Waals surface area contributed by atoms with Gasteiger partial charge in [0.15, 0.2) is 9.84 Å². The van der Waals surface area contributed by atoms with E-state index < -0.39 is 9.84 Å². The SMILES string of the molecule is CC(Nc1cc(C2CC2)nn2cnnc12)c1ccc(S(C)(=O)=O)cc1. The molecule has 0 saturated heterocycles. The summed E-state index contributed by atoms with van der Waals surface area (Å²) in [5, 5.41) is 16.1. The number of aromatic nitrogens is 4. The molecule has 2 aromatic heterocycles. The quantitative estimate of drug-likeness (QED) is 0.755. The summed E-state index contributed by atoms with van der Waals surface area (Å²) >= 11 is 0. The van der Waals surface area contributed by atoms with Crippen molar-refractivity contribution in [1.29, 1.82) is 0 Å². The van der Waals surface area contributed by atoms with Gasteiger partial charge in [0.1, 0.15) is 6.33 Å². The van der Waals surface area contributed by atoms with E-state index in [1.165, 1.54) is 19.1 Å². The van der Waals surface area contributed by atoms with E-state index in [1.807, 2.05) is 25.1 Å². The van der Waals surface area contributed by atoms with E-state index in [0.29, 0.717) is 16.5 Å². The Morgan fingerprint density at radius 1 is 1.24 bits per heavy atom. The number of sulfone groups is 1. The van der Waals surface area contributed by atoms with Gasteiger partial charge < -0.3 is 5.32 Å². The summed E-state index contributed by atoms with van der Waals surface area (Å²) in [5.41, 5.74) is 3.61. The smallest absolute Gasteiger partial charge is 0.200 e. The summed E-state index contributed by atoms with van der Waals surface area (Å²) < 4.78 is 24.9. The molecular weight excluding hydrogens is 338 g/mol. The lowest BCUT2D eigenvalue weighted by atomic mass is 10.1. The number of hydrogen-bond donors (Lipinski definition) is 1. The molecule has 3 aromatic rings. The normalized spacial score (nSPS) is 16.1. The van der Waals surface area contributed by atoms with Crippen LogP contribution >= 0.6 is 0 Å². The van der Waals surface area contributed by atoms with Crippen LogP contribution in [-0.2, 0) is 9.84 Å². The van der Waals surface area contributed by atoms with E-state index in [-0.39, 0.29) is 6.04 Å². The summed E-state index contributed by atoms with van der Waals surface area (Å²) in [4.78, 5) is 0.322. The first kappa shape index (κ1) is 16.0. The molecule has 2 heterocycles. The summed E-state index contributed by atoms with van der Waals surface area (Å²) in [6, 6.07) is 8.97. The van der Waals surface area contributed by atoms with E-state index in [4.69, 9.17) is 0 Å². The molecule has 7 nitrogen and oxygen atoms in total. The fraction of sp³-hybridized carbons (Fsp3) is 0.353. The highest BCUT2D eigenvalue weighted by atomic mass is 32.2. The van der Waals surface area contributed by atoms with E-state index in [9.17, 15) is 8.42 Å². The fourth-order valence-corrected chi connectivity index (χ4v) is 3.48. The Morgan fingerprint density at radius 3 is 2.60 bits per heavy atom. The predicted molar refractivity (Wildman–Crippen MR) is 94.3 cm³/mol. The highest BCUT2D eigenvalue weighted by molar-refractivity contribution is 7.90. The van der Waals surface area contributed by atoms with E-state index in [0.717, 1.165) is 16.9 Å². The van der Waals surface area contributed by atoms with Crippen LogP contribution in [0.1, 0.15) is 43.0 Å². The van der Waals surface area contributed by atoms with Crippen LogP contribution in [0, 0.1) is 0 Å². The third kappa shape index (κ3) is 3.21. The molecule has 0 bridgehead atoms. The molecule has 0 radical (unpaired) electrons. The van der Waals surface area contributed by atoms with Crippen LogP contribution < -0.4 is 5.32 Å². The van der Waals surface area contributed by atoms with Crippen molar-refractivity contribution in [1.82, 2.24) is 19.8 Å². The standard InChI is InChI=1S/C17H19N5O2S/c1-11(12-5-7-14(8-6-12)25(2,23)24)19-16-9-15(13-3-4-13)21-22-10-18-20-17(16)22/h5-11,13,19H,3-4H2,1-2H3. The molecule has 0 spiro atoms. The summed E-state index contributed by atoms with van der Waals surface area (Å²) in [7, 11) is -3.18. The van der Waals surface area contributed by atoms with Crippen molar-refractivity contribution >= 4 is 21.2 Å². The summed E-state index contributed by atoms with van der Waals surface area (Å²) in [6.45, 7) is 2.03. The van der Waals surface area contributed by atoms with Gasteiger partial charge in [-0.2, -0.15) is 9.61 Å². The molecule has 0 aliphatic heterocycles. The van der Waals surface area contributed by atoms with Gasteiger partial charge in [-0.25, -0.2) is 8.42 Å². The van der Waals surface area contributed by atoms with Crippen molar-refractivity contribution < 1.29 is 8.42 Å². The van der Waals surface area contributed by atoms with Crippen LogP contribution in [0.3, 0.4) is 0 Å². The van der Waals surface area contributed by atoms with Gasteiger partial charge in [0, 0.05) is 18.2 Å². The zero-order chi connectivity index (χ0) is 17.6. The molecule has 25 heavy (non-hydrogen) atoms. The Balaban J connectivity index is 1.63. The number of benzene rings is 1. The second kappa shape index (κ2) is 5.80. The van der Waals surface area contributed by atoms with Gasteiger partial charge in [-0.05, 0) is 43.5 Å². The van der Waals surface area contributed by atoms with Crippen molar-refractivity contribution in [3.8, 4) is 0 Å². The number of fused-ring (bicyclic) bond motifs is 1. The first-order valence-electron chi connectivity index (χ1n) is 8.19. The molecule has 1 unspecified atom stereocenters. The fourth-order valence-electron chi connectivity index (χ4n) is 2.85. The highest BCUT2D eigenvalue weighted by Crippen LogP contribution is 2.40. The van der Waals surface area contributed by atoms with Crippen molar-refractivity contribution in [2.75, 3.05) is 11.6 Å². The van der Waals surface area contributed by atoms with Gasteiger partial charge in [0.25, 0.3) is 0 Å². The van der Waals surface area contributed by atoms with Crippen LogP contribution in [-0.4, -0.2) is 34.5 Å². The van der Waals surface area contributed by atoms with E-state index in [2.05, 4.69) is 20.6 Å². The van der Waals surface area contributed by atoms with Crippen molar-refractivity contribution in [2.24, 2.45) is 0 Å². The molecular formula is C17H19N5O2S. The molecule has 130 valence electrons. The van der Waals surface area contributed by atoms with Gasteiger partial charge in [-0.1, -0.05) is 12.1 Å². The molecule has 1 atom stereocenters. The maximum atomic E-state index is 11.6. The Labute approximate surface area is 146 Å². The largest absolute Gasteiger partial charge is 0.375 e. The highest BCUT2D eigenvalue weighted by Gasteiger charge is 2.27. The van der Waals surface area contributed by atoms with Gasteiger partial charge in [-0.3, -0.25) is 0 Å². The lowest BCUT2D eigenvalue weighted by Gasteiger charge is -2.17. The molecule has 4 rings (SSSR count). The predicted octanol–water partition coefficient (Wildman–Crippen LogP) is 2.58. The minimum absolute atomic E-state index is 0.0106. The topological polar surface area (TPSA) is 89.2 Å².